The highest BCUT2D eigenvalue weighted by Gasteiger charge is 2.84. The summed E-state index contributed by atoms with van der Waals surface area (Å²) in [6.45, 7) is 0. The SMILES string of the molecule is NC1=CC(C(F)(F)F)=CNC1(N)C(=O)C(F)(F)C(F)(F)C(F)(F)C(F)(F)F. The molecule has 5 N–H and O–H groups in total. The van der Waals surface area contributed by atoms with Gasteiger partial charge in [0.25, 0.3) is 5.78 Å². The third-order valence-corrected chi connectivity index (χ3v) is 3.34. The Balaban J connectivity index is 3.40. The lowest BCUT2D eigenvalue weighted by Crippen LogP contribution is -2.72. The largest absolute Gasteiger partial charge is 0.460 e. The number of carbonyl (C=O) groups excluding carboxylic acids is 1. The fraction of sp³-hybridized carbons (Fsp3) is 0.545. The topological polar surface area (TPSA) is 81.1 Å². The molecule has 0 aliphatic carbocycles. The molecule has 4 nitrogen and oxygen atoms in total. The molecule has 1 aliphatic heterocycles. The van der Waals surface area contributed by atoms with Gasteiger partial charge in [-0.15, -0.1) is 0 Å². The number of Topliss-reactive ketones (excluding diaryl/α,β-unsaturated/α-hetero) is 1. The molecule has 156 valence electrons. The average Bonchev–Trinajstić information content (AvgIpc) is 2.46. The molecule has 0 radical (unpaired) electrons. The van der Waals surface area contributed by atoms with E-state index in [0.717, 1.165) is 5.32 Å². The Kier molecular flexibility index (Phi) is 5.03. The summed E-state index contributed by atoms with van der Waals surface area (Å²) in [7, 11) is 0. The second-order valence-electron chi connectivity index (χ2n) is 5.20. The van der Waals surface area contributed by atoms with Crippen LogP contribution in [0.15, 0.2) is 23.5 Å². The number of halogens is 12. The number of nitrogens with one attached hydrogen (secondary N) is 1. The van der Waals surface area contributed by atoms with E-state index in [2.05, 4.69) is 0 Å². The summed E-state index contributed by atoms with van der Waals surface area (Å²) >= 11 is 0. The van der Waals surface area contributed by atoms with E-state index in [1.54, 1.807) is 0 Å². The quantitative estimate of drug-likeness (QED) is 0.605. The maximum atomic E-state index is 13.6. The number of nitrogens with two attached hydrogens (primary N) is 2. The van der Waals surface area contributed by atoms with Gasteiger partial charge >= 0.3 is 30.1 Å². The van der Waals surface area contributed by atoms with Crippen molar-refractivity contribution in [2.24, 2.45) is 11.5 Å². The Hall–Kier alpha value is -2.13. The van der Waals surface area contributed by atoms with Gasteiger partial charge in [0, 0.05) is 6.20 Å². The maximum Gasteiger partial charge on any atom is 0.460 e. The predicted molar refractivity (Wildman–Crippen MR) is 62.4 cm³/mol. The van der Waals surface area contributed by atoms with Crippen LogP contribution in [0.3, 0.4) is 0 Å². The first-order valence-corrected chi connectivity index (χ1v) is 6.20. The molecule has 0 bridgehead atoms. The summed E-state index contributed by atoms with van der Waals surface area (Å²) in [5.41, 5.74) is 2.49. The van der Waals surface area contributed by atoms with Crippen LogP contribution in [0, 0.1) is 0 Å². The zero-order chi connectivity index (χ0) is 21.9. The van der Waals surface area contributed by atoms with Crippen molar-refractivity contribution in [3.8, 4) is 0 Å². The summed E-state index contributed by atoms with van der Waals surface area (Å²) in [4.78, 5) is 11.6. The smallest absolute Gasteiger partial charge is 0.399 e. The van der Waals surface area contributed by atoms with E-state index in [9.17, 15) is 57.5 Å². The summed E-state index contributed by atoms with van der Waals surface area (Å²) in [5, 5.41) is 1.08. The number of dihydropyridines is 1. The first-order chi connectivity index (χ1) is 11.6. The minimum absolute atomic E-state index is 0.259. The molecule has 27 heavy (non-hydrogen) atoms. The highest BCUT2D eigenvalue weighted by atomic mass is 19.4. The van der Waals surface area contributed by atoms with Crippen LogP contribution in [0.5, 0.6) is 0 Å². The van der Waals surface area contributed by atoms with Crippen LogP contribution in [-0.2, 0) is 4.79 Å². The molecule has 0 amide bonds. The summed E-state index contributed by atoms with van der Waals surface area (Å²) in [6, 6.07) is 0. The Morgan fingerprint density at radius 3 is 1.67 bits per heavy atom. The monoisotopic (exact) mass is 425 g/mol. The van der Waals surface area contributed by atoms with Gasteiger partial charge in [-0.05, 0) is 6.08 Å². The van der Waals surface area contributed by atoms with E-state index in [1.807, 2.05) is 0 Å². The van der Waals surface area contributed by atoms with Crippen LogP contribution in [-0.4, -0.2) is 41.6 Å². The number of hydrogen-bond donors (Lipinski definition) is 3. The van der Waals surface area contributed by atoms with Gasteiger partial charge in [0.05, 0.1) is 11.3 Å². The molecule has 16 heteroatoms. The fourth-order valence-corrected chi connectivity index (χ4v) is 1.72. The number of carbonyl (C=O) groups is 1. The lowest BCUT2D eigenvalue weighted by molar-refractivity contribution is -0.388. The van der Waals surface area contributed by atoms with Crippen molar-refractivity contribution in [3.63, 3.8) is 0 Å². The third kappa shape index (κ3) is 3.29. The Morgan fingerprint density at radius 1 is 0.889 bits per heavy atom. The molecule has 0 saturated carbocycles. The minimum Gasteiger partial charge on any atom is -0.399 e. The maximum absolute atomic E-state index is 13.6. The molecule has 1 aliphatic rings. The molecule has 0 aromatic carbocycles. The normalized spacial score (nSPS) is 22.7. The number of ketones is 1. The lowest BCUT2D eigenvalue weighted by Gasteiger charge is -2.39. The van der Waals surface area contributed by atoms with Crippen LogP contribution in [0.1, 0.15) is 0 Å². The van der Waals surface area contributed by atoms with Gasteiger partial charge in [0.15, 0.2) is 5.66 Å². The third-order valence-electron chi connectivity index (χ3n) is 3.34. The molecular formula is C11H7F12N3O. The molecular weight excluding hydrogens is 418 g/mol. The molecule has 1 unspecified atom stereocenters. The summed E-state index contributed by atoms with van der Waals surface area (Å²) < 4.78 is 153. The standard InChI is InChI=1S/C11H7F12N3O/c12-7(13,9(17,18)10(19,20)11(21,22)23)5(27)6(25)4(24)1-3(2-26-6)8(14,15)16/h1-2,26H,24-25H2. The van der Waals surface area contributed by atoms with Gasteiger partial charge in [-0.25, -0.2) is 0 Å². The first kappa shape index (κ1) is 22.9. The number of allylic oxidation sites excluding steroid dienone is 2. The molecule has 0 spiro atoms. The molecule has 0 aromatic heterocycles. The van der Waals surface area contributed by atoms with Crippen molar-refractivity contribution in [1.29, 1.82) is 0 Å². The van der Waals surface area contributed by atoms with Crippen LogP contribution in [0.2, 0.25) is 0 Å². The zero-order valence-electron chi connectivity index (χ0n) is 12.3. The molecule has 0 aromatic rings. The molecule has 1 heterocycles. The van der Waals surface area contributed by atoms with Crippen LogP contribution < -0.4 is 16.8 Å². The van der Waals surface area contributed by atoms with Crippen LogP contribution in [0.25, 0.3) is 0 Å². The highest BCUT2D eigenvalue weighted by molar-refractivity contribution is 5.98. The van der Waals surface area contributed by atoms with Gasteiger partial charge < -0.3 is 11.1 Å². The number of alkyl halides is 12. The van der Waals surface area contributed by atoms with Gasteiger partial charge in [0.2, 0.25) is 0 Å². The molecule has 1 rings (SSSR count). The molecule has 0 fully saturated rings. The fourth-order valence-electron chi connectivity index (χ4n) is 1.72. The van der Waals surface area contributed by atoms with Gasteiger partial charge in [-0.2, -0.15) is 52.7 Å². The van der Waals surface area contributed by atoms with Crippen molar-refractivity contribution in [3.05, 3.63) is 23.5 Å². The van der Waals surface area contributed by atoms with Crippen LogP contribution >= 0.6 is 0 Å². The van der Waals surface area contributed by atoms with E-state index in [-0.39, 0.29) is 12.3 Å². The van der Waals surface area contributed by atoms with E-state index in [0.29, 0.717) is 0 Å². The second-order valence-corrected chi connectivity index (χ2v) is 5.20. The molecule has 0 saturated heterocycles. The molecule has 1 atom stereocenters. The number of rotatable bonds is 4. The van der Waals surface area contributed by atoms with E-state index >= 15 is 0 Å². The highest BCUT2D eigenvalue weighted by Crippen LogP contribution is 2.54. The van der Waals surface area contributed by atoms with E-state index < -0.39 is 52.8 Å². The van der Waals surface area contributed by atoms with Crippen molar-refractivity contribution in [1.82, 2.24) is 5.32 Å². The van der Waals surface area contributed by atoms with Crippen LogP contribution in [0.4, 0.5) is 52.7 Å². The van der Waals surface area contributed by atoms with E-state index in [1.165, 1.54) is 0 Å². The van der Waals surface area contributed by atoms with Gasteiger partial charge in [-0.1, -0.05) is 0 Å². The Morgan fingerprint density at radius 2 is 1.33 bits per heavy atom. The zero-order valence-corrected chi connectivity index (χ0v) is 12.3. The van der Waals surface area contributed by atoms with Gasteiger partial charge in [-0.3, -0.25) is 10.5 Å². The predicted octanol–water partition coefficient (Wildman–Crippen LogP) is 2.57. The number of hydrogen-bond acceptors (Lipinski definition) is 4. The van der Waals surface area contributed by atoms with E-state index in [4.69, 9.17) is 11.5 Å². The van der Waals surface area contributed by atoms with Gasteiger partial charge in [0.1, 0.15) is 0 Å². The lowest BCUT2D eigenvalue weighted by atomic mass is 9.88. The first-order valence-electron chi connectivity index (χ1n) is 6.20. The summed E-state index contributed by atoms with van der Waals surface area (Å²) in [6.07, 6.45) is -12.9. The Labute approximate surface area is 140 Å². The van der Waals surface area contributed by atoms with Crippen molar-refractivity contribution in [2.75, 3.05) is 0 Å². The van der Waals surface area contributed by atoms with Crippen molar-refractivity contribution in [2.45, 2.75) is 35.8 Å². The summed E-state index contributed by atoms with van der Waals surface area (Å²) in [5.74, 6) is -25.1. The average molecular weight is 425 g/mol. The minimum atomic E-state index is -7.39. The van der Waals surface area contributed by atoms with Crippen molar-refractivity contribution < 1.29 is 57.5 Å². The van der Waals surface area contributed by atoms with Crippen molar-refractivity contribution >= 4 is 5.78 Å². The second kappa shape index (κ2) is 5.93. The Bertz CT molecular complexity index is 690.